The van der Waals surface area contributed by atoms with Gasteiger partial charge in [0, 0.05) is 36.8 Å². The largest absolute Gasteiger partial charge is 0.497 e. The van der Waals surface area contributed by atoms with Crippen LogP contribution in [0.1, 0.15) is 19.4 Å². The average Bonchev–Trinajstić information content (AvgIpc) is 3.46. The van der Waals surface area contributed by atoms with Crippen LogP contribution in [0.25, 0.3) is 17.0 Å². The van der Waals surface area contributed by atoms with Crippen LogP contribution in [0.5, 0.6) is 11.6 Å². The first-order valence-corrected chi connectivity index (χ1v) is 13.2. The summed E-state index contributed by atoms with van der Waals surface area (Å²) in [6, 6.07) is 15.6. The summed E-state index contributed by atoms with van der Waals surface area (Å²) in [5, 5.41) is 12.8. The number of ether oxygens (including phenoxy) is 2. The number of nitrogens with one attached hydrogen (secondary N) is 1. The SMILES string of the molecule is COc1ccc(-c2nnc3ccc(OCCNS(=O)(=O)c4ccc5c(c4)CC(C)N5C(C)=O)nn23)cc1. The normalized spacial score (nSPS) is 15.1. The van der Waals surface area contributed by atoms with Crippen molar-refractivity contribution in [3.8, 4) is 23.0 Å². The predicted octanol–water partition coefficient (Wildman–Crippen LogP) is 2.45. The van der Waals surface area contributed by atoms with E-state index in [9.17, 15) is 13.2 Å². The molecule has 192 valence electrons. The highest BCUT2D eigenvalue weighted by atomic mass is 32.2. The van der Waals surface area contributed by atoms with E-state index in [1.165, 1.54) is 13.0 Å². The molecule has 11 nitrogen and oxygen atoms in total. The molecule has 0 spiro atoms. The van der Waals surface area contributed by atoms with E-state index in [0.29, 0.717) is 23.8 Å². The van der Waals surface area contributed by atoms with E-state index in [1.807, 2.05) is 31.2 Å². The van der Waals surface area contributed by atoms with E-state index < -0.39 is 10.0 Å². The Hall–Kier alpha value is -4.03. The third-order valence-corrected chi connectivity index (χ3v) is 7.61. The molecule has 0 saturated heterocycles. The highest BCUT2D eigenvalue weighted by Gasteiger charge is 2.30. The minimum atomic E-state index is -3.76. The quantitative estimate of drug-likeness (QED) is 0.350. The number of benzene rings is 2. The number of anilines is 1. The molecule has 1 unspecified atom stereocenters. The van der Waals surface area contributed by atoms with E-state index in [4.69, 9.17) is 9.47 Å². The molecular formula is C25H26N6O5S. The smallest absolute Gasteiger partial charge is 0.240 e. The zero-order chi connectivity index (χ0) is 26.2. The van der Waals surface area contributed by atoms with Gasteiger partial charge in [-0.1, -0.05) is 0 Å². The van der Waals surface area contributed by atoms with Crippen molar-refractivity contribution in [1.29, 1.82) is 0 Å². The molecule has 0 saturated carbocycles. The number of sulfonamides is 1. The standard InChI is InChI=1S/C25H26N6O5S/c1-16-14-19-15-21(8-9-22(19)30(16)17(2)32)37(33,34)26-12-13-36-24-11-10-23-27-28-25(31(23)29-24)18-4-6-20(35-3)7-5-18/h4-11,15-16,26H,12-14H2,1-3H3. The fourth-order valence-corrected chi connectivity index (χ4v) is 5.50. The van der Waals surface area contributed by atoms with Crippen LogP contribution in [-0.4, -0.2) is 60.4 Å². The zero-order valence-electron chi connectivity index (χ0n) is 20.6. The highest BCUT2D eigenvalue weighted by Crippen LogP contribution is 2.33. The number of fused-ring (bicyclic) bond motifs is 2. The molecule has 0 fully saturated rings. The monoisotopic (exact) mass is 522 g/mol. The number of methoxy groups -OCH3 is 1. The van der Waals surface area contributed by atoms with E-state index in [2.05, 4.69) is 20.0 Å². The van der Waals surface area contributed by atoms with Gasteiger partial charge in [0.2, 0.25) is 21.8 Å². The van der Waals surface area contributed by atoms with Crippen molar-refractivity contribution < 1.29 is 22.7 Å². The van der Waals surface area contributed by atoms with Crippen LogP contribution < -0.4 is 19.1 Å². The molecule has 12 heteroatoms. The Labute approximate surface area is 214 Å². The lowest BCUT2D eigenvalue weighted by Gasteiger charge is -2.20. The number of carbonyl (C=O) groups excluding carboxylic acids is 1. The van der Waals surface area contributed by atoms with Crippen molar-refractivity contribution >= 4 is 27.3 Å². The second-order valence-corrected chi connectivity index (χ2v) is 10.4. The van der Waals surface area contributed by atoms with E-state index in [0.717, 1.165) is 22.6 Å². The molecule has 0 aliphatic carbocycles. The van der Waals surface area contributed by atoms with Gasteiger partial charge in [0.15, 0.2) is 11.5 Å². The maximum atomic E-state index is 12.8. The second kappa shape index (κ2) is 9.79. The van der Waals surface area contributed by atoms with Gasteiger partial charge in [-0.2, -0.15) is 4.52 Å². The fraction of sp³-hybridized carbons (Fsp3) is 0.280. The van der Waals surface area contributed by atoms with Gasteiger partial charge in [-0.25, -0.2) is 13.1 Å². The van der Waals surface area contributed by atoms with Gasteiger partial charge in [0.25, 0.3) is 0 Å². The van der Waals surface area contributed by atoms with Crippen LogP contribution in [-0.2, 0) is 21.2 Å². The summed E-state index contributed by atoms with van der Waals surface area (Å²) in [6.07, 6.45) is 0.608. The van der Waals surface area contributed by atoms with E-state index in [1.54, 1.807) is 40.8 Å². The summed E-state index contributed by atoms with van der Waals surface area (Å²) in [4.78, 5) is 13.8. The molecule has 1 atom stereocenters. The molecule has 0 radical (unpaired) electrons. The fourth-order valence-electron chi connectivity index (χ4n) is 4.44. The minimum absolute atomic E-state index is 0.00687. The zero-order valence-corrected chi connectivity index (χ0v) is 21.4. The maximum Gasteiger partial charge on any atom is 0.240 e. The third-order valence-electron chi connectivity index (χ3n) is 6.15. The highest BCUT2D eigenvalue weighted by molar-refractivity contribution is 7.89. The molecular weight excluding hydrogens is 496 g/mol. The van der Waals surface area contributed by atoms with Gasteiger partial charge < -0.3 is 14.4 Å². The molecule has 2 aromatic heterocycles. The van der Waals surface area contributed by atoms with Crippen LogP contribution in [0.15, 0.2) is 59.5 Å². The van der Waals surface area contributed by atoms with Gasteiger partial charge in [0.1, 0.15) is 12.4 Å². The molecule has 1 aliphatic rings. The summed E-state index contributed by atoms with van der Waals surface area (Å²) in [6.45, 7) is 3.56. The van der Waals surface area contributed by atoms with Crippen LogP contribution in [0, 0.1) is 0 Å². The van der Waals surface area contributed by atoms with Crippen molar-refractivity contribution in [3.05, 3.63) is 60.2 Å². The summed E-state index contributed by atoms with van der Waals surface area (Å²) >= 11 is 0. The van der Waals surface area contributed by atoms with Crippen molar-refractivity contribution in [2.45, 2.75) is 31.2 Å². The van der Waals surface area contributed by atoms with Crippen LogP contribution >= 0.6 is 0 Å². The Balaban J connectivity index is 1.23. The number of amides is 1. The first-order valence-electron chi connectivity index (χ1n) is 11.7. The van der Waals surface area contributed by atoms with Crippen LogP contribution in [0.4, 0.5) is 5.69 Å². The van der Waals surface area contributed by atoms with Crippen molar-refractivity contribution in [1.82, 2.24) is 24.5 Å². The molecule has 5 rings (SSSR count). The Morgan fingerprint density at radius 2 is 1.89 bits per heavy atom. The lowest BCUT2D eigenvalue weighted by Crippen LogP contribution is -2.33. The molecule has 4 aromatic rings. The summed E-state index contributed by atoms with van der Waals surface area (Å²) in [7, 11) is -2.16. The number of hydrogen-bond donors (Lipinski definition) is 1. The lowest BCUT2D eigenvalue weighted by atomic mass is 10.1. The molecule has 1 N–H and O–H groups in total. The van der Waals surface area contributed by atoms with Gasteiger partial charge in [-0.3, -0.25) is 4.79 Å². The second-order valence-electron chi connectivity index (χ2n) is 8.67. The average molecular weight is 523 g/mol. The Bertz CT molecular complexity index is 1570. The number of hydrogen-bond acceptors (Lipinski definition) is 8. The molecule has 3 heterocycles. The van der Waals surface area contributed by atoms with E-state index >= 15 is 0 Å². The number of aromatic nitrogens is 4. The predicted molar refractivity (Wildman–Crippen MR) is 136 cm³/mol. The van der Waals surface area contributed by atoms with Gasteiger partial charge in [-0.05, 0) is 67.4 Å². The topological polar surface area (TPSA) is 128 Å². The van der Waals surface area contributed by atoms with Crippen LogP contribution in [0.2, 0.25) is 0 Å². The van der Waals surface area contributed by atoms with Crippen molar-refractivity contribution in [2.24, 2.45) is 0 Å². The Morgan fingerprint density at radius 3 is 2.62 bits per heavy atom. The maximum absolute atomic E-state index is 12.8. The first kappa shape index (κ1) is 24.7. The van der Waals surface area contributed by atoms with Crippen molar-refractivity contribution in [3.63, 3.8) is 0 Å². The summed E-state index contributed by atoms with van der Waals surface area (Å²) in [5.74, 6) is 1.51. The first-order chi connectivity index (χ1) is 17.8. The third kappa shape index (κ3) is 4.85. The molecule has 2 aromatic carbocycles. The Morgan fingerprint density at radius 1 is 1.11 bits per heavy atom. The number of carbonyl (C=O) groups is 1. The molecule has 1 amide bonds. The molecule has 0 bridgehead atoms. The molecule has 37 heavy (non-hydrogen) atoms. The van der Waals surface area contributed by atoms with Gasteiger partial charge in [0.05, 0.1) is 12.0 Å². The lowest BCUT2D eigenvalue weighted by molar-refractivity contribution is -0.116. The minimum Gasteiger partial charge on any atom is -0.497 e. The number of nitrogens with zero attached hydrogens (tertiary/aromatic N) is 5. The Kier molecular flexibility index (Phi) is 6.52. The van der Waals surface area contributed by atoms with Gasteiger partial charge >= 0.3 is 0 Å². The van der Waals surface area contributed by atoms with Gasteiger partial charge in [-0.15, -0.1) is 15.3 Å². The van der Waals surface area contributed by atoms with Crippen molar-refractivity contribution in [2.75, 3.05) is 25.2 Å². The summed E-state index contributed by atoms with van der Waals surface area (Å²) in [5.41, 5.74) is 2.95. The number of rotatable bonds is 8. The molecule has 1 aliphatic heterocycles. The van der Waals surface area contributed by atoms with Crippen LogP contribution in [0.3, 0.4) is 0 Å². The summed E-state index contributed by atoms with van der Waals surface area (Å²) < 4.78 is 40.7. The van der Waals surface area contributed by atoms with E-state index in [-0.39, 0.29) is 30.0 Å².